The number of hydrogen-bond acceptors (Lipinski definition) is 4. The lowest BCUT2D eigenvalue weighted by atomic mass is 10.2. The molecule has 0 aliphatic rings. The molecule has 4 heteroatoms. The predicted molar refractivity (Wildman–Crippen MR) is 73.8 cm³/mol. The molecular weight excluding hydrogens is 226 g/mol. The van der Waals surface area contributed by atoms with Crippen molar-refractivity contribution < 1.29 is 4.74 Å². The van der Waals surface area contributed by atoms with Gasteiger partial charge in [0.05, 0.1) is 12.2 Å². The van der Waals surface area contributed by atoms with Gasteiger partial charge in [0, 0.05) is 6.20 Å². The fourth-order valence-electron chi connectivity index (χ4n) is 1.61. The summed E-state index contributed by atoms with van der Waals surface area (Å²) >= 11 is 0. The molecule has 18 heavy (non-hydrogen) atoms. The molecule has 0 radical (unpaired) electrons. The smallest absolute Gasteiger partial charge is 0.149 e. The summed E-state index contributed by atoms with van der Waals surface area (Å²) in [5.41, 5.74) is 7.60. The van der Waals surface area contributed by atoms with Crippen molar-refractivity contribution in [2.24, 2.45) is 0 Å². The van der Waals surface area contributed by atoms with Crippen LogP contribution in [0.25, 0.3) is 0 Å². The Morgan fingerprint density at radius 2 is 2.17 bits per heavy atom. The van der Waals surface area contributed by atoms with Gasteiger partial charge >= 0.3 is 0 Å². The third-order valence-corrected chi connectivity index (χ3v) is 2.49. The zero-order valence-corrected chi connectivity index (χ0v) is 10.4. The van der Waals surface area contributed by atoms with Crippen LogP contribution >= 0.6 is 0 Å². The number of rotatable bonds is 5. The maximum Gasteiger partial charge on any atom is 0.149 e. The van der Waals surface area contributed by atoms with Crippen LogP contribution in [-0.4, -0.2) is 18.1 Å². The van der Waals surface area contributed by atoms with Crippen LogP contribution in [0.3, 0.4) is 0 Å². The fraction of sp³-hybridized carbons (Fsp3) is 0.214. The molecule has 2 rings (SSSR count). The number of nitrogens with zero attached hydrogens (tertiary/aromatic N) is 1. The minimum absolute atomic E-state index is 0.569. The van der Waals surface area contributed by atoms with E-state index < -0.39 is 0 Å². The third kappa shape index (κ3) is 3.38. The molecule has 0 bridgehead atoms. The van der Waals surface area contributed by atoms with Gasteiger partial charge in [-0.2, -0.15) is 0 Å². The molecule has 0 aliphatic carbocycles. The average molecular weight is 243 g/mol. The van der Waals surface area contributed by atoms with Crippen LogP contribution in [0.1, 0.15) is 5.56 Å². The standard InChI is InChI=1S/C14H17N3O/c1-11-4-2-5-12(10-11)18-9-8-17-14-13(15)6-3-7-16-14/h2-7,10H,8-9,15H2,1H3,(H,16,17). The Balaban J connectivity index is 1.78. The Morgan fingerprint density at radius 3 is 2.94 bits per heavy atom. The SMILES string of the molecule is Cc1cccc(OCCNc2ncccc2N)c1. The number of anilines is 2. The van der Waals surface area contributed by atoms with Gasteiger partial charge < -0.3 is 15.8 Å². The quantitative estimate of drug-likeness (QED) is 0.792. The van der Waals surface area contributed by atoms with Gasteiger partial charge in [0.1, 0.15) is 18.2 Å². The van der Waals surface area contributed by atoms with Crippen molar-refractivity contribution in [2.45, 2.75) is 6.92 Å². The Hall–Kier alpha value is -2.23. The summed E-state index contributed by atoms with van der Waals surface area (Å²) < 4.78 is 5.62. The lowest BCUT2D eigenvalue weighted by Gasteiger charge is -2.09. The molecule has 0 atom stereocenters. The molecule has 0 unspecified atom stereocenters. The van der Waals surface area contributed by atoms with Crippen molar-refractivity contribution >= 4 is 11.5 Å². The molecule has 1 aromatic carbocycles. The zero-order chi connectivity index (χ0) is 12.8. The summed E-state index contributed by atoms with van der Waals surface area (Å²) in [6.07, 6.45) is 1.71. The molecule has 0 amide bonds. The normalized spacial score (nSPS) is 10.1. The first kappa shape index (κ1) is 12.2. The number of nitrogens with two attached hydrogens (primary N) is 1. The van der Waals surface area contributed by atoms with Gasteiger partial charge in [0.15, 0.2) is 0 Å². The number of benzene rings is 1. The van der Waals surface area contributed by atoms with Crippen molar-refractivity contribution in [1.82, 2.24) is 4.98 Å². The Bertz CT molecular complexity index is 514. The molecular formula is C14H17N3O. The topological polar surface area (TPSA) is 60.2 Å². The van der Waals surface area contributed by atoms with E-state index in [1.54, 1.807) is 6.20 Å². The highest BCUT2D eigenvalue weighted by Gasteiger charge is 1.98. The number of pyridine rings is 1. The van der Waals surface area contributed by atoms with Crippen LogP contribution in [0, 0.1) is 6.92 Å². The van der Waals surface area contributed by atoms with Crippen LogP contribution in [0.15, 0.2) is 42.6 Å². The molecule has 0 aliphatic heterocycles. The lowest BCUT2D eigenvalue weighted by molar-refractivity contribution is 0.332. The zero-order valence-electron chi connectivity index (χ0n) is 10.4. The van der Waals surface area contributed by atoms with Crippen LogP contribution in [0.4, 0.5) is 11.5 Å². The first-order valence-corrected chi connectivity index (χ1v) is 5.89. The molecule has 0 fully saturated rings. The molecule has 2 aromatic rings. The van der Waals surface area contributed by atoms with Crippen molar-refractivity contribution in [3.63, 3.8) is 0 Å². The van der Waals surface area contributed by atoms with Gasteiger partial charge in [-0.25, -0.2) is 4.98 Å². The van der Waals surface area contributed by atoms with E-state index in [1.807, 2.05) is 43.3 Å². The Labute approximate surface area is 107 Å². The minimum Gasteiger partial charge on any atom is -0.492 e. The van der Waals surface area contributed by atoms with E-state index in [0.29, 0.717) is 24.7 Å². The molecule has 0 spiro atoms. The van der Waals surface area contributed by atoms with E-state index in [2.05, 4.69) is 10.3 Å². The van der Waals surface area contributed by atoms with Gasteiger partial charge in [-0.15, -0.1) is 0 Å². The lowest BCUT2D eigenvalue weighted by Crippen LogP contribution is -2.13. The second kappa shape index (κ2) is 5.91. The van der Waals surface area contributed by atoms with E-state index in [-0.39, 0.29) is 0 Å². The largest absolute Gasteiger partial charge is 0.492 e. The molecule has 0 saturated heterocycles. The highest BCUT2D eigenvalue weighted by molar-refractivity contribution is 5.60. The van der Waals surface area contributed by atoms with Crippen LogP contribution in [0.5, 0.6) is 5.75 Å². The van der Waals surface area contributed by atoms with Crippen molar-refractivity contribution in [2.75, 3.05) is 24.2 Å². The molecule has 1 aromatic heterocycles. The highest BCUT2D eigenvalue weighted by Crippen LogP contribution is 2.13. The van der Waals surface area contributed by atoms with Gasteiger partial charge in [-0.05, 0) is 36.8 Å². The maximum atomic E-state index is 5.77. The predicted octanol–water partition coefficient (Wildman–Crippen LogP) is 2.46. The number of nitrogens with one attached hydrogen (secondary N) is 1. The summed E-state index contributed by atoms with van der Waals surface area (Å²) in [7, 11) is 0. The molecule has 94 valence electrons. The highest BCUT2D eigenvalue weighted by atomic mass is 16.5. The van der Waals surface area contributed by atoms with Gasteiger partial charge in [-0.1, -0.05) is 12.1 Å². The van der Waals surface area contributed by atoms with E-state index >= 15 is 0 Å². The maximum absolute atomic E-state index is 5.77. The summed E-state index contributed by atoms with van der Waals surface area (Å²) in [6.45, 7) is 3.27. The summed E-state index contributed by atoms with van der Waals surface area (Å²) in [5.74, 6) is 1.58. The average Bonchev–Trinajstić information content (AvgIpc) is 2.37. The second-order valence-electron chi connectivity index (χ2n) is 4.03. The Kier molecular flexibility index (Phi) is 4.02. The number of aromatic nitrogens is 1. The number of nitrogen functional groups attached to an aromatic ring is 1. The van der Waals surface area contributed by atoms with Crippen molar-refractivity contribution in [3.05, 3.63) is 48.2 Å². The molecule has 1 heterocycles. The first-order valence-electron chi connectivity index (χ1n) is 5.89. The number of aryl methyl sites for hydroxylation is 1. The first-order chi connectivity index (χ1) is 8.75. The fourth-order valence-corrected chi connectivity index (χ4v) is 1.61. The van der Waals surface area contributed by atoms with Crippen LogP contribution < -0.4 is 15.8 Å². The minimum atomic E-state index is 0.569. The van der Waals surface area contributed by atoms with E-state index in [1.165, 1.54) is 5.56 Å². The Morgan fingerprint density at radius 1 is 1.28 bits per heavy atom. The molecule has 4 nitrogen and oxygen atoms in total. The van der Waals surface area contributed by atoms with E-state index in [4.69, 9.17) is 10.5 Å². The van der Waals surface area contributed by atoms with Crippen molar-refractivity contribution in [1.29, 1.82) is 0 Å². The van der Waals surface area contributed by atoms with Gasteiger partial charge in [0.2, 0.25) is 0 Å². The second-order valence-corrected chi connectivity index (χ2v) is 4.03. The van der Waals surface area contributed by atoms with Crippen LogP contribution in [0.2, 0.25) is 0 Å². The number of ether oxygens (including phenoxy) is 1. The monoisotopic (exact) mass is 243 g/mol. The van der Waals surface area contributed by atoms with Gasteiger partial charge in [-0.3, -0.25) is 0 Å². The third-order valence-electron chi connectivity index (χ3n) is 2.49. The number of hydrogen-bond donors (Lipinski definition) is 2. The summed E-state index contributed by atoms with van der Waals surface area (Å²) in [6, 6.07) is 11.6. The molecule has 3 N–H and O–H groups in total. The summed E-state index contributed by atoms with van der Waals surface area (Å²) in [4.78, 5) is 4.15. The van der Waals surface area contributed by atoms with E-state index in [0.717, 1.165) is 5.75 Å². The summed E-state index contributed by atoms with van der Waals surface area (Å²) in [5, 5.41) is 3.14. The van der Waals surface area contributed by atoms with E-state index in [9.17, 15) is 0 Å². The van der Waals surface area contributed by atoms with Crippen LogP contribution in [-0.2, 0) is 0 Å². The molecule has 0 saturated carbocycles. The van der Waals surface area contributed by atoms with Gasteiger partial charge in [0.25, 0.3) is 0 Å². The van der Waals surface area contributed by atoms with Crippen molar-refractivity contribution in [3.8, 4) is 5.75 Å².